The molecule has 1 aliphatic rings. The first-order valence-corrected chi connectivity index (χ1v) is 11.2. The summed E-state index contributed by atoms with van der Waals surface area (Å²) in [5.74, 6) is 0.0413. The third-order valence-electron chi connectivity index (χ3n) is 6.11. The van der Waals surface area contributed by atoms with Gasteiger partial charge >= 0.3 is 0 Å². The highest BCUT2D eigenvalue weighted by molar-refractivity contribution is 5.94. The molecule has 1 aliphatic carbocycles. The maximum absolute atomic E-state index is 13.0. The van der Waals surface area contributed by atoms with Gasteiger partial charge < -0.3 is 19.7 Å². The number of amides is 1. The van der Waals surface area contributed by atoms with E-state index in [9.17, 15) is 14.7 Å². The average molecular weight is 428 g/mol. The predicted octanol–water partition coefficient (Wildman–Crippen LogP) is 3.07. The molecule has 31 heavy (non-hydrogen) atoms. The molecule has 1 aromatic heterocycles. The van der Waals surface area contributed by atoms with Crippen molar-refractivity contribution in [3.8, 4) is 5.75 Å². The number of rotatable bonds is 10. The molecule has 1 amide bonds. The summed E-state index contributed by atoms with van der Waals surface area (Å²) in [5.41, 5.74) is 0.734. The molecule has 1 fully saturated rings. The lowest BCUT2D eigenvalue weighted by Crippen LogP contribution is -2.34. The first-order chi connectivity index (χ1) is 15.0. The number of aromatic amines is 1. The van der Waals surface area contributed by atoms with Crippen LogP contribution in [0.4, 0.5) is 0 Å². The fourth-order valence-electron chi connectivity index (χ4n) is 4.35. The number of H-pyrrole nitrogens is 1. The van der Waals surface area contributed by atoms with Crippen molar-refractivity contribution in [1.82, 2.24) is 14.9 Å². The standard InChI is InChI=1S/C24H33N3O4/c1-3-4-16-31-21-20(23(30)27(2)14-15-28)25-19(26-22(21)29)17-24(12-8-9-13-24)18-10-6-5-7-11-18/h5-7,10-11,28H,3-4,8-9,12-17H2,1-2H3,(H,25,26,29). The molecule has 0 aliphatic heterocycles. The van der Waals surface area contributed by atoms with Crippen LogP contribution in [0.2, 0.25) is 0 Å². The quantitative estimate of drug-likeness (QED) is 0.568. The van der Waals surface area contributed by atoms with Crippen LogP contribution in [0.15, 0.2) is 35.1 Å². The van der Waals surface area contributed by atoms with Crippen LogP contribution >= 0.6 is 0 Å². The lowest BCUT2D eigenvalue weighted by atomic mass is 9.76. The monoisotopic (exact) mass is 427 g/mol. The van der Waals surface area contributed by atoms with Gasteiger partial charge in [-0.25, -0.2) is 4.98 Å². The first-order valence-electron chi connectivity index (χ1n) is 11.2. The molecule has 0 spiro atoms. The lowest BCUT2D eigenvalue weighted by Gasteiger charge is -2.29. The number of benzene rings is 1. The second kappa shape index (κ2) is 10.6. The van der Waals surface area contributed by atoms with Gasteiger partial charge in [0.15, 0.2) is 5.69 Å². The summed E-state index contributed by atoms with van der Waals surface area (Å²) in [4.78, 5) is 34.7. The van der Waals surface area contributed by atoms with E-state index in [1.165, 1.54) is 10.5 Å². The van der Waals surface area contributed by atoms with Gasteiger partial charge in [-0.3, -0.25) is 9.59 Å². The summed E-state index contributed by atoms with van der Waals surface area (Å²) in [6.07, 6.45) is 6.54. The van der Waals surface area contributed by atoms with E-state index in [0.29, 0.717) is 18.9 Å². The summed E-state index contributed by atoms with van der Waals surface area (Å²) in [7, 11) is 1.58. The minimum absolute atomic E-state index is 0.0204. The van der Waals surface area contributed by atoms with Crippen molar-refractivity contribution in [2.24, 2.45) is 0 Å². The smallest absolute Gasteiger partial charge is 0.294 e. The number of nitrogens with zero attached hydrogens (tertiary/aromatic N) is 2. The van der Waals surface area contributed by atoms with E-state index >= 15 is 0 Å². The summed E-state index contributed by atoms with van der Waals surface area (Å²) in [5, 5.41) is 9.22. The number of nitrogens with one attached hydrogen (secondary N) is 1. The van der Waals surface area contributed by atoms with Gasteiger partial charge in [0, 0.05) is 25.4 Å². The molecule has 0 unspecified atom stereocenters. The normalized spacial score (nSPS) is 15.1. The highest BCUT2D eigenvalue weighted by Crippen LogP contribution is 2.43. The fourth-order valence-corrected chi connectivity index (χ4v) is 4.35. The Labute approximate surface area is 183 Å². The Hall–Kier alpha value is -2.67. The van der Waals surface area contributed by atoms with Crippen molar-refractivity contribution in [3.63, 3.8) is 0 Å². The molecule has 0 radical (unpaired) electrons. The molecular formula is C24H33N3O4. The van der Waals surface area contributed by atoms with Crippen LogP contribution in [0.3, 0.4) is 0 Å². The minimum atomic E-state index is -0.428. The number of aromatic nitrogens is 2. The van der Waals surface area contributed by atoms with Gasteiger partial charge in [0.25, 0.3) is 11.5 Å². The van der Waals surface area contributed by atoms with Crippen LogP contribution in [0.25, 0.3) is 0 Å². The number of aliphatic hydroxyl groups is 1. The van der Waals surface area contributed by atoms with E-state index < -0.39 is 11.5 Å². The first kappa shape index (κ1) is 23.0. The van der Waals surface area contributed by atoms with Crippen LogP contribution in [0.1, 0.15) is 67.3 Å². The maximum Gasteiger partial charge on any atom is 0.294 e. The highest BCUT2D eigenvalue weighted by atomic mass is 16.5. The Morgan fingerprint density at radius 3 is 2.61 bits per heavy atom. The van der Waals surface area contributed by atoms with Crippen LogP contribution in [-0.2, 0) is 11.8 Å². The summed E-state index contributed by atoms with van der Waals surface area (Å²) >= 11 is 0. The number of hydrogen-bond donors (Lipinski definition) is 2. The van der Waals surface area contributed by atoms with Crippen molar-refractivity contribution >= 4 is 5.91 Å². The molecule has 3 rings (SSSR count). The van der Waals surface area contributed by atoms with E-state index in [0.717, 1.165) is 38.5 Å². The highest BCUT2D eigenvalue weighted by Gasteiger charge is 2.37. The Kier molecular flexibility index (Phi) is 7.85. The van der Waals surface area contributed by atoms with Crippen LogP contribution in [0.5, 0.6) is 5.75 Å². The van der Waals surface area contributed by atoms with Crippen LogP contribution < -0.4 is 10.3 Å². The van der Waals surface area contributed by atoms with E-state index in [1.54, 1.807) is 7.05 Å². The van der Waals surface area contributed by atoms with Gasteiger partial charge in [-0.15, -0.1) is 0 Å². The zero-order chi connectivity index (χ0) is 22.3. The topological polar surface area (TPSA) is 95.5 Å². The van der Waals surface area contributed by atoms with Crippen LogP contribution in [-0.4, -0.2) is 52.7 Å². The molecule has 1 heterocycles. The number of hydrogen-bond acceptors (Lipinski definition) is 5. The number of unbranched alkanes of at least 4 members (excludes halogenated alkanes) is 1. The van der Waals surface area contributed by atoms with Gasteiger partial charge in [-0.1, -0.05) is 56.5 Å². The number of carbonyl (C=O) groups is 1. The van der Waals surface area contributed by atoms with Gasteiger partial charge in [0.2, 0.25) is 5.75 Å². The second-order valence-electron chi connectivity index (χ2n) is 8.37. The predicted molar refractivity (Wildman–Crippen MR) is 120 cm³/mol. The molecule has 0 bridgehead atoms. The van der Waals surface area contributed by atoms with E-state index in [-0.39, 0.29) is 30.0 Å². The minimum Gasteiger partial charge on any atom is -0.486 e. The zero-order valence-electron chi connectivity index (χ0n) is 18.5. The largest absolute Gasteiger partial charge is 0.486 e. The lowest BCUT2D eigenvalue weighted by molar-refractivity contribution is 0.0755. The van der Waals surface area contributed by atoms with Gasteiger partial charge in [0.1, 0.15) is 5.82 Å². The number of aliphatic hydroxyl groups excluding tert-OH is 1. The Bertz CT molecular complexity index is 920. The van der Waals surface area contributed by atoms with Crippen LogP contribution in [0, 0.1) is 0 Å². The van der Waals surface area contributed by atoms with Crippen molar-refractivity contribution in [2.45, 2.75) is 57.3 Å². The molecule has 0 saturated heterocycles. The Morgan fingerprint density at radius 1 is 1.26 bits per heavy atom. The van der Waals surface area contributed by atoms with Gasteiger partial charge in [0.05, 0.1) is 13.2 Å². The number of ether oxygens (including phenoxy) is 1. The second-order valence-corrected chi connectivity index (χ2v) is 8.37. The summed E-state index contributed by atoms with van der Waals surface area (Å²) < 4.78 is 5.68. The zero-order valence-corrected chi connectivity index (χ0v) is 18.5. The maximum atomic E-state index is 13.0. The van der Waals surface area contributed by atoms with E-state index in [4.69, 9.17) is 4.74 Å². The van der Waals surface area contributed by atoms with E-state index in [2.05, 4.69) is 22.1 Å². The molecule has 7 nitrogen and oxygen atoms in total. The Morgan fingerprint density at radius 2 is 1.97 bits per heavy atom. The molecule has 0 atom stereocenters. The fraction of sp³-hybridized carbons (Fsp3) is 0.542. The molecule has 168 valence electrons. The third kappa shape index (κ3) is 5.34. The average Bonchev–Trinajstić information content (AvgIpc) is 3.25. The van der Waals surface area contributed by atoms with Crippen molar-refractivity contribution in [3.05, 3.63) is 57.8 Å². The number of carbonyl (C=O) groups excluding carboxylic acids is 1. The summed E-state index contributed by atoms with van der Waals surface area (Å²) in [6.45, 7) is 2.37. The molecule has 2 aromatic rings. The Balaban J connectivity index is 1.99. The van der Waals surface area contributed by atoms with Crippen molar-refractivity contribution in [2.75, 3.05) is 26.8 Å². The molecular weight excluding hydrogens is 394 g/mol. The SMILES string of the molecule is CCCCOc1c(C(=O)N(C)CCO)nc(CC2(c3ccccc3)CCCC2)[nH]c1=O. The van der Waals surface area contributed by atoms with Gasteiger partial charge in [-0.2, -0.15) is 0 Å². The molecule has 1 aromatic carbocycles. The van der Waals surface area contributed by atoms with Crippen molar-refractivity contribution in [1.29, 1.82) is 0 Å². The molecule has 1 saturated carbocycles. The van der Waals surface area contributed by atoms with E-state index in [1.807, 2.05) is 25.1 Å². The van der Waals surface area contributed by atoms with Gasteiger partial charge in [-0.05, 0) is 24.8 Å². The molecule has 2 N–H and O–H groups in total. The number of likely N-dealkylation sites (N-methyl/N-ethyl adjacent to an activating group) is 1. The molecule has 7 heteroatoms. The summed E-state index contributed by atoms with van der Waals surface area (Å²) in [6, 6.07) is 10.3. The van der Waals surface area contributed by atoms with Crippen molar-refractivity contribution < 1.29 is 14.6 Å². The third-order valence-corrected chi connectivity index (χ3v) is 6.11.